The number of carboxylic acids is 1. The number of aryl methyl sites for hydroxylation is 1. The second-order valence-electron chi connectivity index (χ2n) is 4.84. The lowest BCUT2D eigenvalue weighted by Gasteiger charge is -2.14. The van der Waals surface area contributed by atoms with Gasteiger partial charge in [0.15, 0.2) is 0 Å². The monoisotopic (exact) mass is 286 g/mol. The average molecular weight is 286 g/mol. The molecule has 0 aliphatic heterocycles. The molecule has 0 fully saturated rings. The molecule has 1 N–H and O–H groups in total. The van der Waals surface area contributed by atoms with Crippen molar-refractivity contribution in [3.8, 4) is 11.6 Å². The molecule has 0 amide bonds. The first-order chi connectivity index (χ1) is 9.99. The van der Waals surface area contributed by atoms with Crippen LogP contribution in [0.15, 0.2) is 36.4 Å². The van der Waals surface area contributed by atoms with Gasteiger partial charge < -0.3 is 14.7 Å². The number of rotatable bonds is 5. The first-order valence-electron chi connectivity index (χ1n) is 6.69. The summed E-state index contributed by atoms with van der Waals surface area (Å²) in [6.45, 7) is 1.92. The molecule has 0 saturated heterocycles. The van der Waals surface area contributed by atoms with Crippen LogP contribution >= 0.6 is 0 Å². The van der Waals surface area contributed by atoms with E-state index in [-0.39, 0.29) is 5.56 Å². The fraction of sp³-hybridized carbons (Fsp3) is 0.250. The van der Waals surface area contributed by atoms with Crippen LogP contribution in [0.25, 0.3) is 0 Å². The largest absolute Gasteiger partial charge is 0.478 e. The number of carbonyl (C=O) groups is 1. The Balaban J connectivity index is 2.32. The van der Waals surface area contributed by atoms with Crippen LogP contribution in [0, 0.1) is 0 Å². The molecule has 0 aliphatic rings. The lowest BCUT2D eigenvalue weighted by molar-refractivity contribution is 0.0696. The Hall–Kier alpha value is -2.56. The van der Waals surface area contributed by atoms with Crippen molar-refractivity contribution in [3.05, 3.63) is 47.7 Å². The molecular weight excluding hydrogens is 268 g/mol. The fourth-order valence-corrected chi connectivity index (χ4v) is 1.86. The number of pyridine rings is 1. The van der Waals surface area contributed by atoms with Gasteiger partial charge in [-0.15, -0.1) is 0 Å². The molecule has 0 unspecified atom stereocenters. The van der Waals surface area contributed by atoms with Gasteiger partial charge in [0, 0.05) is 37.6 Å². The van der Waals surface area contributed by atoms with Crippen LogP contribution in [0.4, 0.5) is 5.69 Å². The van der Waals surface area contributed by atoms with Gasteiger partial charge in [-0.1, -0.05) is 13.0 Å². The lowest BCUT2D eigenvalue weighted by Crippen LogP contribution is -2.08. The first-order valence-corrected chi connectivity index (χ1v) is 6.69. The maximum Gasteiger partial charge on any atom is 0.335 e. The fourth-order valence-electron chi connectivity index (χ4n) is 1.86. The molecule has 5 nitrogen and oxygen atoms in total. The molecule has 5 heteroatoms. The summed E-state index contributed by atoms with van der Waals surface area (Å²) in [5.74, 6) is -0.0695. The normalized spacial score (nSPS) is 10.2. The molecule has 110 valence electrons. The molecular formula is C16H18N2O3. The van der Waals surface area contributed by atoms with Gasteiger partial charge in [0.2, 0.25) is 5.88 Å². The van der Waals surface area contributed by atoms with Crippen molar-refractivity contribution in [3.63, 3.8) is 0 Å². The topological polar surface area (TPSA) is 62.7 Å². The van der Waals surface area contributed by atoms with Crippen molar-refractivity contribution in [1.29, 1.82) is 0 Å². The number of anilines is 1. The van der Waals surface area contributed by atoms with Crippen molar-refractivity contribution in [2.45, 2.75) is 13.3 Å². The summed E-state index contributed by atoms with van der Waals surface area (Å²) in [4.78, 5) is 17.4. The Morgan fingerprint density at radius 1 is 1.29 bits per heavy atom. The van der Waals surface area contributed by atoms with Gasteiger partial charge in [0.25, 0.3) is 0 Å². The van der Waals surface area contributed by atoms with Crippen molar-refractivity contribution in [2.24, 2.45) is 0 Å². The number of hydrogen-bond acceptors (Lipinski definition) is 4. The number of carboxylic acid groups (broad SMARTS) is 1. The van der Waals surface area contributed by atoms with E-state index >= 15 is 0 Å². The smallest absolute Gasteiger partial charge is 0.335 e. The molecule has 1 aromatic heterocycles. The predicted octanol–water partition coefficient (Wildman–Crippen LogP) is 3.20. The minimum atomic E-state index is -0.987. The summed E-state index contributed by atoms with van der Waals surface area (Å²) in [5.41, 5.74) is 1.87. The summed E-state index contributed by atoms with van der Waals surface area (Å²) in [5, 5.41) is 9.12. The van der Waals surface area contributed by atoms with Crippen LogP contribution in [0.1, 0.15) is 23.0 Å². The van der Waals surface area contributed by atoms with Gasteiger partial charge in [-0.05, 0) is 24.6 Å². The van der Waals surface area contributed by atoms with E-state index in [2.05, 4.69) is 4.98 Å². The highest BCUT2D eigenvalue weighted by Crippen LogP contribution is 2.25. The Kier molecular flexibility index (Phi) is 4.42. The minimum Gasteiger partial charge on any atom is -0.478 e. The third kappa shape index (κ3) is 3.72. The average Bonchev–Trinajstić information content (AvgIpc) is 2.47. The van der Waals surface area contributed by atoms with E-state index in [1.54, 1.807) is 6.07 Å². The van der Waals surface area contributed by atoms with Crippen LogP contribution in [0.5, 0.6) is 11.6 Å². The second kappa shape index (κ2) is 6.26. The van der Waals surface area contributed by atoms with Crippen LogP contribution < -0.4 is 9.64 Å². The van der Waals surface area contributed by atoms with E-state index in [4.69, 9.17) is 9.84 Å². The Morgan fingerprint density at radius 3 is 2.67 bits per heavy atom. The molecule has 1 aromatic carbocycles. The van der Waals surface area contributed by atoms with Crippen molar-refractivity contribution in [2.75, 3.05) is 19.0 Å². The molecule has 0 spiro atoms. The molecule has 2 aromatic rings. The molecule has 21 heavy (non-hydrogen) atoms. The van der Waals surface area contributed by atoms with Gasteiger partial charge in [0.05, 0.1) is 5.56 Å². The van der Waals surface area contributed by atoms with E-state index in [0.29, 0.717) is 23.7 Å². The summed E-state index contributed by atoms with van der Waals surface area (Å²) >= 11 is 0. The quantitative estimate of drug-likeness (QED) is 0.914. The second-order valence-corrected chi connectivity index (χ2v) is 4.84. The molecule has 0 bridgehead atoms. The minimum absolute atomic E-state index is 0.181. The summed E-state index contributed by atoms with van der Waals surface area (Å²) in [6, 6.07) is 10.5. The van der Waals surface area contributed by atoms with E-state index < -0.39 is 5.97 Å². The first kappa shape index (κ1) is 14.8. The summed E-state index contributed by atoms with van der Waals surface area (Å²) in [7, 11) is 3.88. The SMILES string of the molecule is CCc1cc(C(=O)O)cc(Oc2cccc(N(C)C)c2)n1. The molecule has 2 rings (SSSR count). The molecule has 0 saturated carbocycles. The Morgan fingerprint density at radius 2 is 2.05 bits per heavy atom. The number of benzene rings is 1. The Labute approximate surface area is 123 Å². The maximum atomic E-state index is 11.1. The van der Waals surface area contributed by atoms with Crippen LogP contribution in [0.3, 0.4) is 0 Å². The van der Waals surface area contributed by atoms with Gasteiger partial charge in [0.1, 0.15) is 5.75 Å². The highest BCUT2D eigenvalue weighted by Gasteiger charge is 2.09. The number of hydrogen-bond donors (Lipinski definition) is 1. The number of nitrogens with zero attached hydrogens (tertiary/aromatic N) is 2. The van der Waals surface area contributed by atoms with Crippen LogP contribution in [-0.4, -0.2) is 30.2 Å². The van der Waals surface area contributed by atoms with E-state index in [0.717, 1.165) is 5.69 Å². The standard InChI is InChI=1S/C16H18N2O3/c1-4-12-8-11(16(19)20)9-15(17-12)21-14-7-5-6-13(10-14)18(2)3/h5-10H,4H2,1-3H3,(H,19,20). The van der Waals surface area contributed by atoms with Gasteiger partial charge in [-0.25, -0.2) is 9.78 Å². The molecule has 0 radical (unpaired) electrons. The van der Waals surface area contributed by atoms with E-state index in [1.807, 2.05) is 50.2 Å². The maximum absolute atomic E-state index is 11.1. The number of ether oxygens (including phenoxy) is 1. The lowest BCUT2D eigenvalue weighted by atomic mass is 10.2. The Bertz CT molecular complexity index is 654. The third-order valence-corrected chi connectivity index (χ3v) is 3.02. The summed E-state index contributed by atoms with van der Waals surface area (Å²) < 4.78 is 5.70. The zero-order chi connectivity index (χ0) is 15.4. The molecule has 0 aliphatic carbocycles. The predicted molar refractivity (Wildman–Crippen MR) is 81.4 cm³/mol. The third-order valence-electron chi connectivity index (χ3n) is 3.02. The zero-order valence-electron chi connectivity index (χ0n) is 12.3. The highest BCUT2D eigenvalue weighted by atomic mass is 16.5. The highest BCUT2D eigenvalue weighted by molar-refractivity contribution is 5.88. The van der Waals surface area contributed by atoms with Gasteiger partial charge in [-0.2, -0.15) is 0 Å². The van der Waals surface area contributed by atoms with Crippen LogP contribution in [0.2, 0.25) is 0 Å². The van der Waals surface area contributed by atoms with Crippen molar-refractivity contribution < 1.29 is 14.6 Å². The van der Waals surface area contributed by atoms with Crippen molar-refractivity contribution >= 4 is 11.7 Å². The van der Waals surface area contributed by atoms with E-state index in [1.165, 1.54) is 6.07 Å². The van der Waals surface area contributed by atoms with Gasteiger partial charge >= 0.3 is 5.97 Å². The molecule has 0 atom stereocenters. The zero-order valence-corrected chi connectivity index (χ0v) is 12.3. The van der Waals surface area contributed by atoms with Crippen LogP contribution in [-0.2, 0) is 6.42 Å². The summed E-state index contributed by atoms with van der Waals surface area (Å²) in [6.07, 6.45) is 0.648. The van der Waals surface area contributed by atoms with Crippen molar-refractivity contribution in [1.82, 2.24) is 4.98 Å². The number of aromatic carboxylic acids is 1. The van der Waals surface area contributed by atoms with E-state index in [9.17, 15) is 4.79 Å². The molecule has 1 heterocycles. The van der Waals surface area contributed by atoms with Gasteiger partial charge in [-0.3, -0.25) is 0 Å². The number of aromatic nitrogens is 1.